The van der Waals surface area contributed by atoms with E-state index in [1.165, 1.54) is 0 Å². The number of rotatable bonds is 3. The highest BCUT2D eigenvalue weighted by Gasteiger charge is 2.28. The molecule has 7 nitrogen and oxygen atoms in total. The van der Waals surface area contributed by atoms with Gasteiger partial charge in [0.05, 0.1) is 12.6 Å². The van der Waals surface area contributed by atoms with Crippen LogP contribution in [-0.2, 0) is 0 Å². The van der Waals surface area contributed by atoms with Crippen molar-refractivity contribution in [1.82, 2.24) is 25.5 Å². The zero-order valence-corrected chi connectivity index (χ0v) is 10.9. The molecular weight excluding hydrogens is 258 g/mol. The highest BCUT2D eigenvalue weighted by Crippen LogP contribution is 2.22. The number of nitrogens with one attached hydrogen (secondary N) is 1. The van der Waals surface area contributed by atoms with E-state index < -0.39 is 0 Å². The lowest BCUT2D eigenvalue weighted by atomic mass is 10.1. The van der Waals surface area contributed by atoms with Gasteiger partial charge in [-0.05, 0) is 30.2 Å². The number of aromatic amines is 1. The molecule has 1 saturated heterocycles. The van der Waals surface area contributed by atoms with Crippen molar-refractivity contribution >= 4 is 5.91 Å². The number of nitrogens with zero attached hydrogens (tertiary/aromatic N) is 4. The van der Waals surface area contributed by atoms with Crippen molar-refractivity contribution in [3.05, 3.63) is 29.8 Å². The molecule has 104 valence electrons. The summed E-state index contributed by atoms with van der Waals surface area (Å²) >= 11 is 0. The summed E-state index contributed by atoms with van der Waals surface area (Å²) in [5.74, 6) is 0.395. The Hall–Kier alpha value is -2.28. The summed E-state index contributed by atoms with van der Waals surface area (Å²) in [5.41, 5.74) is 1.32. The number of carbonyl (C=O) groups excluding carboxylic acids is 1. The molecule has 3 rings (SSSR count). The quantitative estimate of drug-likeness (QED) is 0.847. The van der Waals surface area contributed by atoms with Crippen molar-refractivity contribution in [3.63, 3.8) is 0 Å². The molecule has 20 heavy (non-hydrogen) atoms. The van der Waals surface area contributed by atoms with Gasteiger partial charge >= 0.3 is 0 Å². The number of amides is 1. The topological polar surface area (TPSA) is 95.0 Å². The van der Waals surface area contributed by atoms with E-state index in [1.807, 2.05) is 6.07 Å². The van der Waals surface area contributed by atoms with Gasteiger partial charge in [0.1, 0.15) is 0 Å². The molecule has 1 fully saturated rings. The van der Waals surface area contributed by atoms with Gasteiger partial charge in [0.2, 0.25) is 5.82 Å². The van der Waals surface area contributed by atoms with Gasteiger partial charge in [-0.15, -0.1) is 10.2 Å². The summed E-state index contributed by atoms with van der Waals surface area (Å²) in [6.07, 6.45) is 1.79. The third-order valence-electron chi connectivity index (χ3n) is 3.56. The second-order valence-corrected chi connectivity index (χ2v) is 4.79. The lowest BCUT2D eigenvalue weighted by molar-refractivity contribution is 0.0677. The van der Waals surface area contributed by atoms with Crippen LogP contribution in [0.15, 0.2) is 24.3 Å². The maximum Gasteiger partial charge on any atom is 0.254 e. The van der Waals surface area contributed by atoms with Crippen LogP contribution in [0.5, 0.6) is 0 Å². The van der Waals surface area contributed by atoms with Gasteiger partial charge < -0.3 is 10.0 Å². The minimum absolute atomic E-state index is 0.0102. The average molecular weight is 273 g/mol. The summed E-state index contributed by atoms with van der Waals surface area (Å²) in [5, 5.41) is 23.0. The highest BCUT2D eigenvalue weighted by atomic mass is 16.3. The van der Waals surface area contributed by atoms with E-state index in [0.29, 0.717) is 17.9 Å². The fraction of sp³-hybridized carbons (Fsp3) is 0.385. The number of hydrogen-bond donors (Lipinski definition) is 2. The number of aliphatic hydroxyl groups is 1. The van der Waals surface area contributed by atoms with Gasteiger partial charge in [-0.3, -0.25) is 4.79 Å². The van der Waals surface area contributed by atoms with Crippen molar-refractivity contribution in [2.24, 2.45) is 0 Å². The molecule has 2 aromatic rings. The Balaban J connectivity index is 1.87. The number of benzene rings is 1. The van der Waals surface area contributed by atoms with Gasteiger partial charge in [0.15, 0.2) is 0 Å². The second-order valence-electron chi connectivity index (χ2n) is 4.79. The van der Waals surface area contributed by atoms with E-state index in [0.717, 1.165) is 18.4 Å². The number of likely N-dealkylation sites (tertiary alicyclic amines) is 1. The first-order valence-electron chi connectivity index (χ1n) is 6.55. The predicted molar refractivity (Wildman–Crippen MR) is 70.8 cm³/mol. The van der Waals surface area contributed by atoms with Crippen LogP contribution in [0.25, 0.3) is 11.4 Å². The van der Waals surface area contributed by atoms with Crippen LogP contribution in [-0.4, -0.2) is 55.7 Å². The molecule has 1 aliphatic heterocycles. The molecule has 0 spiro atoms. The maximum absolute atomic E-state index is 12.5. The molecule has 7 heteroatoms. The normalized spacial score (nSPS) is 18.4. The van der Waals surface area contributed by atoms with Crippen LogP contribution in [0.2, 0.25) is 0 Å². The summed E-state index contributed by atoms with van der Waals surface area (Å²) < 4.78 is 0. The largest absolute Gasteiger partial charge is 0.394 e. The molecule has 2 N–H and O–H groups in total. The second kappa shape index (κ2) is 5.38. The third-order valence-corrected chi connectivity index (χ3v) is 3.56. The summed E-state index contributed by atoms with van der Waals surface area (Å²) in [6, 6.07) is 7.06. The van der Waals surface area contributed by atoms with Crippen LogP contribution >= 0.6 is 0 Å². The van der Waals surface area contributed by atoms with Crippen LogP contribution < -0.4 is 0 Å². The monoisotopic (exact) mass is 273 g/mol. The molecule has 1 amide bonds. The Morgan fingerprint density at radius 2 is 2.40 bits per heavy atom. The Labute approximate surface area is 115 Å². The summed E-state index contributed by atoms with van der Waals surface area (Å²) in [6.45, 7) is 0.701. The molecule has 0 bridgehead atoms. The summed E-state index contributed by atoms with van der Waals surface area (Å²) in [4.78, 5) is 14.2. The number of H-pyrrole nitrogens is 1. The minimum atomic E-state index is -0.0728. The lowest BCUT2D eigenvalue weighted by Gasteiger charge is -2.23. The molecule has 1 aliphatic rings. The minimum Gasteiger partial charge on any atom is -0.394 e. The van der Waals surface area contributed by atoms with E-state index in [4.69, 9.17) is 0 Å². The Morgan fingerprint density at radius 1 is 1.50 bits per heavy atom. The first-order valence-corrected chi connectivity index (χ1v) is 6.55. The van der Waals surface area contributed by atoms with E-state index in [1.54, 1.807) is 23.1 Å². The van der Waals surface area contributed by atoms with E-state index in [9.17, 15) is 9.90 Å². The van der Waals surface area contributed by atoms with Gasteiger partial charge in [-0.25, -0.2) is 0 Å². The molecule has 1 atom stereocenters. The van der Waals surface area contributed by atoms with Crippen LogP contribution in [0.3, 0.4) is 0 Å². The molecule has 1 aromatic carbocycles. The SMILES string of the molecule is O=C(c1cccc(-c2nn[nH]n2)c1)N1CCCC1CO. The summed E-state index contributed by atoms with van der Waals surface area (Å²) in [7, 11) is 0. The van der Waals surface area contributed by atoms with Crippen molar-refractivity contribution < 1.29 is 9.90 Å². The van der Waals surface area contributed by atoms with Gasteiger partial charge in [-0.2, -0.15) is 5.21 Å². The first-order chi connectivity index (χ1) is 9.79. The fourth-order valence-electron chi connectivity index (χ4n) is 2.53. The predicted octanol–water partition coefficient (Wildman–Crippen LogP) is 0.464. The molecule has 0 aliphatic carbocycles. The van der Waals surface area contributed by atoms with Crippen molar-refractivity contribution in [2.45, 2.75) is 18.9 Å². The molecule has 0 saturated carbocycles. The molecule has 1 aromatic heterocycles. The van der Waals surface area contributed by atoms with Crippen LogP contribution in [0.4, 0.5) is 0 Å². The van der Waals surface area contributed by atoms with E-state index in [2.05, 4.69) is 20.6 Å². The van der Waals surface area contributed by atoms with E-state index in [-0.39, 0.29) is 18.6 Å². The number of aromatic nitrogens is 4. The van der Waals surface area contributed by atoms with E-state index >= 15 is 0 Å². The Kier molecular flexibility index (Phi) is 3.42. The average Bonchev–Trinajstić information content (AvgIpc) is 3.17. The zero-order valence-electron chi connectivity index (χ0n) is 10.9. The number of hydrogen-bond acceptors (Lipinski definition) is 5. The van der Waals surface area contributed by atoms with Crippen LogP contribution in [0, 0.1) is 0 Å². The van der Waals surface area contributed by atoms with Gasteiger partial charge in [-0.1, -0.05) is 12.1 Å². The zero-order chi connectivity index (χ0) is 13.9. The maximum atomic E-state index is 12.5. The first kappa shape index (κ1) is 12.7. The van der Waals surface area contributed by atoms with Crippen molar-refractivity contribution in [3.8, 4) is 11.4 Å². The fourth-order valence-corrected chi connectivity index (χ4v) is 2.53. The molecule has 0 radical (unpaired) electrons. The van der Waals surface area contributed by atoms with Gasteiger partial charge in [0.25, 0.3) is 5.91 Å². The van der Waals surface area contributed by atoms with Crippen molar-refractivity contribution in [1.29, 1.82) is 0 Å². The smallest absolute Gasteiger partial charge is 0.254 e. The van der Waals surface area contributed by atoms with Gasteiger partial charge in [0, 0.05) is 17.7 Å². The van der Waals surface area contributed by atoms with Crippen molar-refractivity contribution in [2.75, 3.05) is 13.2 Å². The number of aliphatic hydroxyl groups excluding tert-OH is 1. The standard InChI is InChI=1S/C13H15N5O2/c19-8-11-5-2-6-18(11)13(20)10-4-1-3-9(7-10)12-14-16-17-15-12/h1,3-4,7,11,19H,2,5-6,8H2,(H,14,15,16,17). The lowest BCUT2D eigenvalue weighted by Crippen LogP contribution is -2.37. The molecule has 2 heterocycles. The number of carbonyl (C=O) groups is 1. The third kappa shape index (κ3) is 2.27. The number of tetrazole rings is 1. The Bertz CT molecular complexity index is 599. The molecule has 1 unspecified atom stereocenters. The van der Waals surface area contributed by atoms with Crippen LogP contribution in [0.1, 0.15) is 23.2 Å². The molecular formula is C13H15N5O2. The highest BCUT2D eigenvalue weighted by molar-refractivity contribution is 5.95. The Morgan fingerprint density at radius 3 is 3.15 bits per heavy atom.